The highest BCUT2D eigenvalue weighted by molar-refractivity contribution is 6.30. The Morgan fingerprint density at radius 2 is 1.57 bits per heavy atom. The van der Waals surface area contributed by atoms with Crippen LogP contribution in [0.15, 0.2) is 97.1 Å². The van der Waals surface area contributed by atoms with Crippen LogP contribution in [0.5, 0.6) is 0 Å². The van der Waals surface area contributed by atoms with Gasteiger partial charge in [-0.25, -0.2) is 4.79 Å². The molecule has 4 atom stereocenters. The van der Waals surface area contributed by atoms with Crippen LogP contribution < -0.4 is 10.6 Å². The number of aliphatic hydroxyl groups excluding tert-OH is 1. The van der Waals surface area contributed by atoms with E-state index >= 15 is 0 Å². The molecule has 2 heterocycles. The van der Waals surface area contributed by atoms with Gasteiger partial charge in [-0.2, -0.15) is 0 Å². The molecule has 0 aliphatic carbocycles. The van der Waals surface area contributed by atoms with E-state index in [4.69, 9.17) is 21.1 Å². The number of hydrogen-bond acceptors (Lipinski definition) is 6. The fourth-order valence-electron chi connectivity index (χ4n) is 6.91. The minimum Gasteiger partial charge on any atom is -0.392 e. The number of urea groups is 1. The van der Waals surface area contributed by atoms with Crippen molar-refractivity contribution in [1.82, 2.24) is 15.5 Å². The number of halogens is 1. The molecule has 2 aliphatic heterocycles. The average Bonchev–Trinajstić information content (AvgIpc) is 3.13. The van der Waals surface area contributed by atoms with Crippen LogP contribution in [0.1, 0.15) is 66.9 Å². The largest absolute Gasteiger partial charge is 0.392 e. The highest BCUT2D eigenvalue weighted by Crippen LogP contribution is 2.43. The van der Waals surface area contributed by atoms with Gasteiger partial charge in [0.15, 0.2) is 6.29 Å². The number of aliphatic hydroxyl groups is 2. The van der Waals surface area contributed by atoms with Crippen LogP contribution in [-0.2, 0) is 28.2 Å². The van der Waals surface area contributed by atoms with Crippen LogP contribution in [0.4, 0.5) is 4.79 Å². The normalized spacial score (nSPS) is 22.4. The second kappa shape index (κ2) is 15.9. The summed E-state index contributed by atoms with van der Waals surface area (Å²) in [5, 5.41) is 27.5. The summed E-state index contributed by atoms with van der Waals surface area (Å²) in [6.07, 6.45) is 0.340. The van der Waals surface area contributed by atoms with Crippen molar-refractivity contribution < 1.29 is 24.5 Å². The standard InChI is InChI=1S/C40H46ClN3O5/c1-3-42-39(46)43-24-32-6-4-5-7-35(32)29-12-14-31(15-13-29)38-48-36(27(2)37(49-38)30-10-8-28(26-45)9-11-30)25-44-22-20-40(47,21-23-44)33-16-18-34(41)19-17-33/h4-19,27,36-38,45,47H,3,20-26H2,1-2H3,(H2,42,43,46). The van der Waals surface area contributed by atoms with Gasteiger partial charge in [0.1, 0.15) is 0 Å². The van der Waals surface area contributed by atoms with E-state index in [1.807, 2.05) is 73.7 Å². The molecule has 4 aromatic rings. The number of ether oxygens (including phenoxy) is 2. The molecule has 2 amide bonds. The van der Waals surface area contributed by atoms with Gasteiger partial charge in [0.05, 0.1) is 24.4 Å². The zero-order chi connectivity index (χ0) is 34.4. The minimum atomic E-state index is -0.874. The maximum absolute atomic E-state index is 12.0. The summed E-state index contributed by atoms with van der Waals surface area (Å²) in [6, 6.07) is 31.6. The molecule has 6 rings (SSSR count). The lowest BCUT2D eigenvalue weighted by molar-refractivity contribution is -0.277. The number of carbonyl (C=O) groups is 1. The molecule has 2 fully saturated rings. The van der Waals surface area contributed by atoms with Gasteiger partial charge in [-0.3, -0.25) is 0 Å². The predicted octanol–water partition coefficient (Wildman–Crippen LogP) is 7.09. The van der Waals surface area contributed by atoms with E-state index in [1.165, 1.54) is 0 Å². The Hall–Kier alpha value is -3.76. The van der Waals surface area contributed by atoms with Gasteiger partial charge in [0, 0.05) is 49.2 Å². The maximum atomic E-state index is 12.0. The lowest BCUT2D eigenvalue weighted by Crippen LogP contribution is -2.49. The summed E-state index contributed by atoms with van der Waals surface area (Å²) in [5.41, 5.74) is 5.97. The number of likely N-dealkylation sites (tertiary alicyclic amines) is 1. The van der Waals surface area contributed by atoms with Crippen LogP contribution in [0.2, 0.25) is 5.02 Å². The topological polar surface area (TPSA) is 103 Å². The Balaban J connectivity index is 1.19. The van der Waals surface area contributed by atoms with Crippen LogP contribution in [-0.4, -0.2) is 53.4 Å². The Morgan fingerprint density at radius 1 is 0.898 bits per heavy atom. The first-order valence-electron chi connectivity index (χ1n) is 17.2. The SMILES string of the molecule is CCNC(=O)NCc1ccccc1-c1ccc(C2OC(CN3CCC(O)(c4ccc(Cl)cc4)CC3)C(C)C(c3ccc(CO)cc3)O2)cc1. The molecular weight excluding hydrogens is 638 g/mol. The summed E-state index contributed by atoms with van der Waals surface area (Å²) >= 11 is 6.10. The van der Waals surface area contributed by atoms with E-state index in [-0.39, 0.29) is 30.8 Å². The molecule has 2 aliphatic rings. The fraction of sp³-hybridized carbons (Fsp3) is 0.375. The Morgan fingerprint density at radius 3 is 2.24 bits per heavy atom. The van der Waals surface area contributed by atoms with Gasteiger partial charge in [0.2, 0.25) is 0 Å². The molecular formula is C40H46ClN3O5. The first-order chi connectivity index (χ1) is 23.8. The molecule has 4 aromatic carbocycles. The lowest BCUT2D eigenvalue weighted by Gasteiger charge is -2.45. The molecule has 0 radical (unpaired) electrons. The van der Waals surface area contributed by atoms with Crippen molar-refractivity contribution in [3.8, 4) is 11.1 Å². The van der Waals surface area contributed by atoms with E-state index < -0.39 is 11.9 Å². The van der Waals surface area contributed by atoms with E-state index in [0.29, 0.717) is 37.5 Å². The molecule has 0 saturated carbocycles. The van der Waals surface area contributed by atoms with E-state index in [2.05, 4.69) is 52.8 Å². The minimum absolute atomic E-state index is 0.00940. The van der Waals surface area contributed by atoms with Gasteiger partial charge >= 0.3 is 6.03 Å². The van der Waals surface area contributed by atoms with Gasteiger partial charge in [-0.15, -0.1) is 0 Å². The summed E-state index contributed by atoms with van der Waals surface area (Å²) in [7, 11) is 0. The zero-order valence-electron chi connectivity index (χ0n) is 28.1. The number of carbonyl (C=O) groups excluding carboxylic acids is 1. The molecule has 2 saturated heterocycles. The van der Waals surface area contributed by atoms with Crippen LogP contribution in [0.25, 0.3) is 11.1 Å². The van der Waals surface area contributed by atoms with Crippen molar-refractivity contribution in [2.24, 2.45) is 5.92 Å². The Kier molecular flexibility index (Phi) is 11.3. The maximum Gasteiger partial charge on any atom is 0.315 e. The zero-order valence-corrected chi connectivity index (χ0v) is 28.9. The molecule has 0 spiro atoms. The molecule has 4 N–H and O–H groups in total. The second-order valence-corrected chi connectivity index (χ2v) is 13.6. The summed E-state index contributed by atoms with van der Waals surface area (Å²) in [6.45, 7) is 7.26. The summed E-state index contributed by atoms with van der Waals surface area (Å²) < 4.78 is 13.5. The predicted molar refractivity (Wildman–Crippen MR) is 192 cm³/mol. The van der Waals surface area contributed by atoms with Crippen molar-refractivity contribution in [3.63, 3.8) is 0 Å². The van der Waals surface area contributed by atoms with Crippen molar-refractivity contribution in [2.75, 3.05) is 26.2 Å². The quantitative estimate of drug-likeness (QED) is 0.142. The third kappa shape index (κ3) is 8.35. The van der Waals surface area contributed by atoms with Gasteiger partial charge in [-0.05, 0) is 65.3 Å². The van der Waals surface area contributed by atoms with Gasteiger partial charge in [0.25, 0.3) is 0 Å². The Labute approximate surface area is 294 Å². The van der Waals surface area contributed by atoms with Gasteiger partial charge < -0.3 is 35.2 Å². The fourth-order valence-corrected chi connectivity index (χ4v) is 7.04. The third-order valence-corrected chi connectivity index (χ3v) is 10.2. The van der Waals surface area contributed by atoms with E-state index in [1.54, 1.807) is 0 Å². The highest BCUT2D eigenvalue weighted by Gasteiger charge is 2.41. The van der Waals surface area contributed by atoms with Crippen molar-refractivity contribution >= 4 is 17.6 Å². The smallest absolute Gasteiger partial charge is 0.315 e. The molecule has 49 heavy (non-hydrogen) atoms. The summed E-state index contributed by atoms with van der Waals surface area (Å²) in [5.74, 6) is 0.0526. The number of nitrogens with one attached hydrogen (secondary N) is 2. The van der Waals surface area contributed by atoms with Crippen LogP contribution in [0, 0.1) is 5.92 Å². The van der Waals surface area contributed by atoms with Crippen LogP contribution >= 0.6 is 11.6 Å². The number of nitrogens with zero attached hydrogens (tertiary/aromatic N) is 1. The number of hydrogen-bond donors (Lipinski definition) is 4. The molecule has 0 aromatic heterocycles. The molecule has 8 nitrogen and oxygen atoms in total. The van der Waals surface area contributed by atoms with E-state index in [9.17, 15) is 15.0 Å². The number of benzene rings is 4. The first kappa shape index (κ1) is 35.1. The Bertz CT molecular complexity index is 1670. The second-order valence-electron chi connectivity index (χ2n) is 13.2. The lowest BCUT2D eigenvalue weighted by atomic mass is 9.84. The average molecular weight is 684 g/mol. The van der Waals surface area contributed by atoms with Crippen molar-refractivity contribution in [1.29, 1.82) is 0 Å². The molecule has 4 unspecified atom stereocenters. The van der Waals surface area contributed by atoms with Crippen molar-refractivity contribution in [2.45, 2.75) is 63.9 Å². The molecule has 258 valence electrons. The first-order valence-corrected chi connectivity index (χ1v) is 17.6. The third-order valence-electron chi connectivity index (χ3n) is 9.91. The van der Waals surface area contributed by atoms with Gasteiger partial charge in [-0.1, -0.05) is 103 Å². The number of piperidine rings is 1. The van der Waals surface area contributed by atoms with E-state index in [0.717, 1.165) is 52.0 Å². The molecule has 9 heteroatoms. The number of rotatable bonds is 10. The number of amides is 2. The van der Waals surface area contributed by atoms with Crippen LogP contribution in [0.3, 0.4) is 0 Å². The highest BCUT2D eigenvalue weighted by atomic mass is 35.5. The molecule has 0 bridgehead atoms. The monoisotopic (exact) mass is 683 g/mol. The van der Waals surface area contributed by atoms with Crippen molar-refractivity contribution in [3.05, 3.63) is 130 Å². The summed E-state index contributed by atoms with van der Waals surface area (Å²) in [4.78, 5) is 14.4.